The molecule has 1 spiro atoms. The maximum Gasteiger partial charge on any atom is 0.134 e. The Bertz CT molecular complexity index is 336. The van der Waals surface area contributed by atoms with Crippen molar-refractivity contribution in [1.82, 2.24) is 4.90 Å². The molecular formula is C16H27NO2. The van der Waals surface area contributed by atoms with Crippen LogP contribution in [0, 0.1) is 5.92 Å². The lowest BCUT2D eigenvalue weighted by Gasteiger charge is -2.33. The molecule has 1 aliphatic carbocycles. The van der Waals surface area contributed by atoms with E-state index in [-0.39, 0.29) is 11.5 Å². The topological polar surface area (TPSA) is 29.5 Å². The maximum absolute atomic E-state index is 11.5. The Hall–Kier alpha value is -0.410. The molecule has 2 saturated heterocycles. The summed E-state index contributed by atoms with van der Waals surface area (Å²) in [6.07, 6.45) is 10.4. The molecule has 0 aromatic carbocycles. The predicted octanol–water partition coefficient (Wildman–Crippen LogP) is 2.78. The number of likely N-dealkylation sites (tertiary alicyclic amines) is 1. The molecule has 0 bridgehead atoms. The molecule has 3 aliphatic rings. The molecule has 3 nitrogen and oxygen atoms in total. The number of rotatable bonds is 3. The zero-order valence-electron chi connectivity index (χ0n) is 12.2. The molecule has 1 saturated carbocycles. The third-order valence-corrected chi connectivity index (χ3v) is 5.40. The van der Waals surface area contributed by atoms with Crippen molar-refractivity contribution in [3.05, 3.63) is 0 Å². The zero-order valence-corrected chi connectivity index (χ0v) is 12.2. The van der Waals surface area contributed by atoms with Gasteiger partial charge in [0.05, 0.1) is 11.7 Å². The van der Waals surface area contributed by atoms with Gasteiger partial charge in [0.25, 0.3) is 0 Å². The van der Waals surface area contributed by atoms with E-state index in [0.29, 0.717) is 11.9 Å². The monoisotopic (exact) mass is 265 g/mol. The molecule has 0 radical (unpaired) electrons. The van der Waals surface area contributed by atoms with Gasteiger partial charge < -0.3 is 9.64 Å². The molecule has 0 N–H and O–H groups in total. The van der Waals surface area contributed by atoms with Gasteiger partial charge in [-0.05, 0) is 52.0 Å². The second kappa shape index (κ2) is 5.53. The molecule has 2 aliphatic heterocycles. The van der Waals surface area contributed by atoms with Gasteiger partial charge in [-0.3, -0.25) is 4.79 Å². The highest BCUT2D eigenvalue weighted by Crippen LogP contribution is 2.43. The Balaban J connectivity index is 1.50. The van der Waals surface area contributed by atoms with E-state index in [1.165, 1.54) is 44.9 Å². The minimum absolute atomic E-state index is 0.250. The number of Topliss-reactive ketones (excluding diaryl/α,β-unsaturated/α-hetero) is 1. The van der Waals surface area contributed by atoms with E-state index in [1.54, 1.807) is 6.92 Å². The van der Waals surface area contributed by atoms with Crippen molar-refractivity contribution >= 4 is 5.78 Å². The number of hydrogen-bond acceptors (Lipinski definition) is 3. The highest BCUT2D eigenvalue weighted by Gasteiger charge is 2.42. The molecule has 2 unspecified atom stereocenters. The lowest BCUT2D eigenvalue weighted by Crippen LogP contribution is -2.42. The molecule has 0 aromatic rings. The minimum Gasteiger partial charge on any atom is -0.370 e. The van der Waals surface area contributed by atoms with E-state index in [9.17, 15) is 4.79 Å². The second-order valence-electron chi connectivity index (χ2n) is 6.88. The molecule has 3 fully saturated rings. The third-order valence-electron chi connectivity index (χ3n) is 5.40. The van der Waals surface area contributed by atoms with Crippen LogP contribution in [0.25, 0.3) is 0 Å². The fourth-order valence-corrected chi connectivity index (χ4v) is 4.25. The summed E-state index contributed by atoms with van der Waals surface area (Å²) in [5.74, 6) is 0.639. The van der Waals surface area contributed by atoms with Crippen molar-refractivity contribution < 1.29 is 9.53 Å². The molecule has 0 amide bonds. The van der Waals surface area contributed by atoms with E-state index in [4.69, 9.17) is 4.74 Å². The quantitative estimate of drug-likeness (QED) is 0.786. The van der Waals surface area contributed by atoms with Gasteiger partial charge >= 0.3 is 0 Å². The summed E-state index contributed by atoms with van der Waals surface area (Å²) in [7, 11) is 0. The fourth-order valence-electron chi connectivity index (χ4n) is 4.25. The Labute approximate surface area is 116 Å². The summed E-state index contributed by atoms with van der Waals surface area (Å²) >= 11 is 0. The van der Waals surface area contributed by atoms with E-state index in [0.717, 1.165) is 26.1 Å². The molecule has 19 heavy (non-hydrogen) atoms. The SMILES string of the molecule is CC(=O)C1CCCN(CC2CCC3(CCCC3)O2)C1. The largest absolute Gasteiger partial charge is 0.370 e. The zero-order chi connectivity index (χ0) is 13.3. The van der Waals surface area contributed by atoms with Crippen molar-refractivity contribution in [1.29, 1.82) is 0 Å². The molecule has 3 rings (SSSR count). The van der Waals surface area contributed by atoms with E-state index >= 15 is 0 Å². The van der Waals surface area contributed by atoms with Crippen molar-refractivity contribution in [3.63, 3.8) is 0 Å². The van der Waals surface area contributed by atoms with E-state index < -0.39 is 0 Å². The molecule has 108 valence electrons. The number of carbonyl (C=O) groups is 1. The maximum atomic E-state index is 11.5. The molecular weight excluding hydrogens is 238 g/mol. The molecule has 0 aromatic heterocycles. The number of ether oxygens (including phenoxy) is 1. The molecule has 3 heteroatoms. The number of ketones is 1. The Morgan fingerprint density at radius 3 is 2.74 bits per heavy atom. The van der Waals surface area contributed by atoms with Gasteiger partial charge in [-0.25, -0.2) is 0 Å². The van der Waals surface area contributed by atoms with Gasteiger partial charge in [0.2, 0.25) is 0 Å². The summed E-state index contributed by atoms with van der Waals surface area (Å²) in [6.45, 7) is 4.90. The van der Waals surface area contributed by atoms with Gasteiger partial charge in [0.15, 0.2) is 0 Å². The average molecular weight is 265 g/mol. The third kappa shape index (κ3) is 3.03. The Morgan fingerprint density at radius 2 is 2.00 bits per heavy atom. The average Bonchev–Trinajstić information content (AvgIpc) is 3.01. The number of nitrogens with zero attached hydrogens (tertiary/aromatic N) is 1. The number of piperidine rings is 1. The number of carbonyl (C=O) groups excluding carboxylic acids is 1. The van der Waals surface area contributed by atoms with Crippen molar-refractivity contribution in [3.8, 4) is 0 Å². The molecule has 2 heterocycles. The van der Waals surface area contributed by atoms with Crippen LogP contribution in [0.5, 0.6) is 0 Å². The van der Waals surface area contributed by atoms with Crippen LogP contribution in [0.15, 0.2) is 0 Å². The van der Waals surface area contributed by atoms with Crippen LogP contribution in [0.3, 0.4) is 0 Å². The van der Waals surface area contributed by atoms with Gasteiger partial charge in [-0.1, -0.05) is 12.8 Å². The van der Waals surface area contributed by atoms with Crippen LogP contribution < -0.4 is 0 Å². The predicted molar refractivity (Wildman–Crippen MR) is 75.2 cm³/mol. The second-order valence-corrected chi connectivity index (χ2v) is 6.88. The van der Waals surface area contributed by atoms with Crippen LogP contribution in [-0.4, -0.2) is 42.0 Å². The fraction of sp³-hybridized carbons (Fsp3) is 0.938. The lowest BCUT2D eigenvalue weighted by atomic mass is 9.94. The summed E-state index contributed by atoms with van der Waals surface area (Å²) < 4.78 is 6.38. The molecule has 2 atom stereocenters. The Morgan fingerprint density at radius 1 is 1.21 bits per heavy atom. The highest BCUT2D eigenvalue weighted by molar-refractivity contribution is 5.78. The first kappa shape index (κ1) is 13.6. The van der Waals surface area contributed by atoms with Crippen molar-refractivity contribution in [2.75, 3.05) is 19.6 Å². The normalized spacial score (nSPS) is 35.0. The highest BCUT2D eigenvalue weighted by atomic mass is 16.5. The summed E-state index contributed by atoms with van der Waals surface area (Å²) in [4.78, 5) is 14.0. The van der Waals surface area contributed by atoms with E-state index in [1.807, 2.05) is 0 Å². The van der Waals surface area contributed by atoms with Crippen molar-refractivity contribution in [2.24, 2.45) is 5.92 Å². The van der Waals surface area contributed by atoms with Gasteiger partial charge in [0, 0.05) is 19.0 Å². The van der Waals surface area contributed by atoms with Crippen LogP contribution in [0.2, 0.25) is 0 Å². The summed E-state index contributed by atoms with van der Waals surface area (Å²) in [5, 5.41) is 0. The summed E-state index contributed by atoms with van der Waals surface area (Å²) in [5.41, 5.74) is 0.250. The first-order chi connectivity index (χ1) is 9.17. The van der Waals surface area contributed by atoms with Gasteiger partial charge in [-0.15, -0.1) is 0 Å². The smallest absolute Gasteiger partial charge is 0.134 e. The summed E-state index contributed by atoms with van der Waals surface area (Å²) in [6, 6.07) is 0. The first-order valence-electron chi connectivity index (χ1n) is 8.07. The van der Waals surface area contributed by atoms with Crippen LogP contribution in [-0.2, 0) is 9.53 Å². The van der Waals surface area contributed by atoms with Crippen molar-refractivity contribution in [2.45, 2.75) is 70.0 Å². The van der Waals surface area contributed by atoms with Crippen LogP contribution in [0.4, 0.5) is 0 Å². The van der Waals surface area contributed by atoms with E-state index in [2.05, 4.69) is 4.90 Å². The van der Waals surface area contributed by atoms with Gasteiger partial charge in [-0.2, -0.15) is 0 Å². The standard InChI is InChI=1S/C16H27NO2/c1-13(18)14-5-4-10-17(11-14)12-15-6-9-16(19-15)7-2-3-8-16/h14-15H,2-12H2,1H3. The van der Waals surface area contributed by atoms with Crippen LogP contribution in [0.1, 0.15) is 58.3 Å². The first-order valence-corrected chi connectivity index (χ1v) is 8.07. The Kier molecular flexibility index (Phi) is 3.95. The van der Waals surface area contributed by atoms with Gasteiger partial charge in [0.1, 0.15) is 5.78 Å². The van der Waals surface area contributed by atoms with Crippen LogP contribution >= 0.6 is 0 Å². The lowest BCUT2D eigenvalue weighted by molar-refractivity contribution is -0.122. The number of hydrogen-bond donors (Lipinski definition) is 0. The minimum atomic E-state index is 0.250.